The van der Waals surface area contributed by atoms with Crippen molar-refractivity contribution < 1.29 is 8.78 Å². The number of nitrogens with one attached hydrogen (secondary N) is 1. The standard InChI is InChI=1S/C15H20F2N2.ClH/c16-13-8-12(9-14(17)10-13)15(7-11-1-2-11)19-5-3-18-4-6-19;/h8-11,15,18H,1-7H2;1H/t15-;/m0./s1. The Hall–Kier alpha value is -0.710. The van der Waals surface area contributed by atoms with Gasteiger partial charge in [-0.25, -0.2) is 8.78 Å². The van der Waals surface area contributed by atoms with Crippen molar-refractivity contribution in [3.05, 3.63) is 35.4 Å². The first-order chi connectivity index (χ1) is 9.22. The zero-order chi connectivity index (χ0) is 13.2. The van der Waals surface area contributed by atoms with Gasteiger partial charge >= 0.3 is 0 Å². The predicted molar refractivity (Wildman–Crippen MR) is 78.1 cm³/mol. The SMILES string of the molecule is Cl.Fc1cc(F)cc([C@H](CC2CC2)N2CCNCC2)c1. The molecule has 1 N–H and O–H groups in total. The van der Waals surface area contributed by atoms with Crippen molar-refractivity contribution in [2.45, 2.75) is 25.3 Å². The van der Waals surface area contributed by atoms with Crippen LogP contribution < -0.4 is 5.32 Å². The van der Waals surface area contributed by atoms with Gasteiger partial charge in [0.25, 0.3) is 0 Å². The zero-order valence-electron chi connectivity index (χ0n) is 11.4. The molecular weight excluding hydrogens is 282 g/mol. The van der Waals surface area contributed by atoms with E-state index in [4.69, 9.17) is 0 Å². The fraction of sp³-hybridized carbons (Fsp3) is 0.600. The third-order valence-electron chi connectivity index (χ3n) is 4.12. The normalized spacial score (nSPS) is 21.3. The van der Waals surface area contributed by atoms with Crippen LogP contribution in [0.25, 0.3) is 0 Å². The van der Waals surface area contributed by atoms with Crippen LogP contribution in [0.1, 0.15) is 30.9 Å². The van der Waals surface area contributed by atoms with Crippen molar-refractivity contribution in [2.75, 3.05) is 26.2 Å². The third kappa shape index (κ3) is 3.90. The highest BCUT2D eigenvalue weighted by atomic mass is 35.5. The van der Waals surface area contributed by atoms with E-state index in [0.717, 1.165) is 50.1 Å². The molecule has 0 amide bonds. The van der Waals surface area contributed by atoms with Gasteiger partial charge in [-0.15, -0.1) is 12.4 Å². The largest absolute Gasteiger partial charge is 0.314 e. The minimum absolute atomic E-state index is 0. The van der Waals surface area contributed by atoms with Gasteiger partial charge in [-0.05, 0) is 30.0 Å². The van der Waals surface area contributed by atoms with Gasteiger partial charge in [0.15, 0.2) is 0 Å². The van der Waals surface area contributed by atoms with E-state index in [-0.39, 0.29) is 18.4 Å². The second-order valence-electron chi connectivity index (χ2n) is 5.68. The fourth-order valence-corrected chi connectivity index (χ4v) is 2.93. The molecule has 5 heteroatoms. The van der Waals surface area contributed by atoms with E-state index in [2.05, 4.69) is 10.2 Å². The second kappa shape index (κ2) is 6.83. The molecular formula is C15H21ClF2N2. The van der Waals surface area contributed by atoms with Crippen molar-refractivity contribution >= 4 is 12.4 Å². The van der Waals surface area contributed by atoms with Gasteiger partial charge in [0.2, 0.25) is 0 Å². The third-order valence-corrected chi connectivity index (χ3v) is 4.12. The van der Waals surface area contributed by atoms with Crippen molar-refractivity contribution in [3.63, 3.8) is 0 Å². The first-order valence-electron chi connectivity index (χ1n) is 7.13. The Morgan fingerprint density at radius 3 is 2.25 bits per heavy atom. The summed E-state index contributed by atoms with van der Waals surface area (Å²) in [4.78, 5) is 2.36. The molecule has 0 aromatic heterocycles. The van der Waals surface area contributed by atoms with Crippen molar-refractivity contribution in [1.29, 1.82) is 0 Å². The molecule has 1 aromatic rings. The molecule has 3 rings (SSSR count). The maximum absolute atomic E-state index is 13.4. The molecule has 2 aliphatic rings. The Balaban J connectivity index is 0.00000147. The molecule has 1 aromatic carbocycles. The van der Waals surface area contributed by atoms with E-state index in [1.807, 2.05) is 0 Å². The number of nitrogens with zero attached hydrogens (tertiary/aromatic N) is 1. The van der Waals surface area contributed by atoms with Crippen molar-refractivity contribution in [1.82, 2.24) is 10.2 Å². The second-order valence-corrected chi connectivity index (χ2v) is 5.68. The van der Waals surface area contributed by atoms with E-state index in [0.29, 0.717) is 0 Å². The molecule has 2 nitrogen and oxygen atoms in total. The number of hydrogen-bond donors (Lipinski definition) is 1. The lowest BCUT2D eigenvalue weighted by Crippen LogP contribution is -2.45. The molecule has 0 radical (unpaired) electrons. The Labute approximate surface area is 124 Å². The van der Waals surface area contributed by atoms with Gasteiger partial charge in [-0.3, -0.25) is 4.90 Å². The minimum atomic E-state index is -0.467. The number of rotatable bonds is 4. The van der Waals surface area contributed by atoms with Gasteiger partial charge < -0.3 is 5.32 Å². The van der Waals surface area contributed by atoms with Gasteiger partial charge in [-0.1, -0.05) is 12.8 Å². The van der Waals surface area contributed by atoms with Crippen LogP contribution in [0.3, 0.4) is 0 Å². The number of hydrogen-bond acceptors (Lipinski definition) is 2. The molecule has 1 atom stereocenters. The van der Waals surface area contributed by atoms with E-state index in [1.165, 1.54) is 25.0 Å². The van der Waals surface area contributed by atoms with Crippen LogP contribution in [0.5, 0.6) is 0 Å². The number of benzene rings is 1. The maximum Gasteiger partial charge on any atom is 0.126 e. The van der Waals surface area contributed by atoms with Gasteiger partial charge in [0.05, 0.1) is 0 Å². The zero-order valence-corrected chi connectivity index (χ0v) is 12.3. The van der Waals surface area contributed by atoms with E-state index < -0.39 is 11.6 Å². The van der Waals surface area contributed by atoms with Gasteiger partial charge in [-0.2, -0.15) is 0 Å². The number of halogens is 3. The van der Waals surface area contributed by atoms with E-state index >= 15 is 0 Å². The maximum atomic E-state index is 13.4. The molecule has 0 spiro atoms. The summed E-state index contributed by atoms with van der Waals surface area (Å²) in [7, 11) is 0. The highest BCUT2D eigenvalue weighted by Gasteiger charge is 2.30. The van der Waals surface area contributed by atoms with Crippen LogP contribution >= 0.6 is 12.4 Å². The quantitative estimate of drug-likeness (QED) is 0.919. The lowest BCUT2D eigenvalue weighted by molar-refractivity contribution is 0.160. The highest BCUT2D eigenvalue weighted by Crippen LogP contribution is 2.40. The average molecular weight is 303 g/mol. The summed E-state index contributed by atoms with van der Waals surface area (Å²) < 4.78 is 26.9. The van der Waals surface area contributed by atoms with E-state index in [9.17, 15) is 8.78 Å². The summed E-state index contributed by atoms with van der Waals surface area (Å²) in [6.45, 7) is 3.82. The lowest BCUT2D eigenvalue weighted by atomic mass is 9.98. The Morgan fingerprint density at radius 2 is 1.70 bits per heavy atom. The van der Waals surface area contributed by atoms with Crippen LogP contribution in [0.15, 0.2) is 18.2 Å². The molecule has 2 fully saturated rings. The molecule has 1 aliphatic heterocycles. The molecule has 1 heterocycles. The van der Waals surface area contributed by atoms with Gasteiger partial charge in [0, 0.05) is 38.3 Å². The Morgan fingerprint density at radius 1 is 1.10 bits per heavy atom. The molecule has 1 saturated heterocycles. The first kappa shape index (κ1) is 15.7. The summed E-state index contributed by atoms with van der Waals surface area (Å²) in [5.74, 6) is -0.192. The first-order valence-corrected chi connectivity index (χ1v) is 7.13. The number of piperazine rings is 1. The lowest BCUT2D eigenvalue weighted by Gasteiger charge is -2.35. The molecule has 20 heavy (non-hydrogen) atoms. The van der Waals surface area contributed by atoms with Gasteiger partial charge in [0.1, 0.15) is 11.6 Å². The molecule has 1 saturated carbocycles. The van der Waals surface area contributed by atoms with Crippen LogP contribution in [0.4, 0.5) is 8.78 Å². The summed E-state index contributed by atoms with van der Waals surface area (Å²) >= 11 is 0. The summed E-state index contributed by atoms with van der Waals surface area (Å²) in [5.41, 5.74) is 0.798. The minimum Gasteiger partial charge on any atom is -0.314 e. The van der Waals surface area contributed by atoms with Crippen molar-refractivity contribution in [2.24, 2.45) is 5.92 Å². The molecule has 1 aliphatic carbocycles. The van der Waals surface area contributed by atoms with E-state index in [1.54, 1.807) is 0 Å². The Kier molecular flexibility index (Phi) is 5.35. The van der Waals surface area contributed by atoms with Crippen LogP contribution in [0, 0.1) is 17.6 Å². The topological polar surface area (TPSA) is 15.3 Å². The predicted octanol–water partition coefficient (Wildman–Crippen LogP) is 3.13. The average Bonchev–Trinajstić information content (AvgIpc) is 3.20. The summed E-state index contributed by atoms with van der Waals surface area (Å²) in [6, 6.07) is 4.12. The summed E-state index contributed by atoms with van der Waals surface area (Å²) in [6.07, 6.45) is 3.56. The smallest absolute Gasteiger partial charge is 0.126 e. The molecule has 112 valence electrons. The van der Waals surface area contributed by atoms with Crippen LogP contribution in [-0.4, -0.2) is 31.1 Å². The van der Waals surface area contributed by atoms with Crippen LogP contribution in [-0.2, 0) is 0 Å². The van der Waals surface area contributed by atoms with Crippen molar-refractivity contribution in [3.8, 4) is 0 Å². The molecule has 0 unspecified atom stereocenters. The Bertz CT molecular complexity index is 425. The summed E-state index contributed by atoms with van der Waals surface area (Å²) in [5, 5.41) is 3.32. The fourth-order valence-electron chi connectivity index (χ4n) is 2.93. The monoisotopic (exact) mass is 302 g/mol. The molecule has 0 bridgehead atoms. The highest BCUT2D eigenvalue weighted by molar-refractivity contribution is 5.85. The van der Waals surface area contributed by atoms with Crippen LogP contribution in [0.2, 0.25) is 0 Å².